The van der Waals surface area contributed by atoms with Gasteiger partial charge in [0, 0.05) is 24.6 Å². The SMILES string of the molecule is C#CCC(CC)NCC(=C)C(=O)O. The molecule has 2 N–H and O–H groups in total. The van der Waals surface area contributed by atoms with Gasteiger partial charge in [-0.3, -0.25) is 0 Å². The molecule has 0 saturated heterocycles. The summed E-state index contributed by atoms with van der Waals surface area (Å²) in [6.07, 6.45) is 6.64. The van der Waals surface area contributed by atoms with Gasteiger partial charge in [-0.05, 0) is 6.42 Å². The van der Waals surface area contributed by atoms with E-state index in [0.29, 0.717) is 6.42 Å². The van der Waals surface area contributed by atoms with Gasteiger partial charge in [-0.2, -0.15) is 0 Å². The summed E-state index contributed by atoms with van der Waals surface area (Å²) >= 11 is 0. The lowest BCUT2D eigenvalue weighted by atomic mass is 10.1. The Bertz CT molecular complexity index is 228. The maximum atomic E-state index is 10.4. The van der Waals surface area contributed by atoms with Gasteiger partial charge >= 0.3 is 5.97 Å². The standard InChI is InChI=1S/C10H15NO2/c1-4-6-9(5-2)11-7-8(3)10(12)13/h1,9,11H,3,5-7H2,2H3,(H,12,13). The van der Waals surface area contributed by atoms with E-state index in [-0.39, 0.29) is 18.2 Å². The summed E-state index contributed by atoms with van der Waals surface area (Å²) in [6.45, 7) is 5.69. The Kier molecular flexibility index (Phi) is 5.66. The van der Waals surface area contributed by atoms with Crippen molar-refractivity contribution in [2.24, 2.45) is 0 Å². The number of aliphatic carboxylic acids is 1. The van der Waals surface area contributed by atoms with Crippen LogP contribution < -0.4 is 5.32 Å². The second-order valence-electron chi connectivity index (χ2n) is 2.80. The van der Waals surface area contributed by atoms with Crippen molar-refractivity contribution in [1.82, 2.24) is 5.32 Å². The zero-order chi connectivity index (χ0) is 10.3. The molecule has 0 aliphatic carbocycles. The van der Waals surface area contributed by atoms with E-state index < -0.39 is 5.97 Å². The number of hydrogen-bond donors (Lipinski definition) is 2. The summed E-state index contributed by atoms with van der Waals surface area (Å²) in [5.41, 5.74) is 0.162. The average molecular weight is 181 g/mol. The van der Waals surface area contributed by atoms with Crippen LogP contribution >= 0.6 is 0 Å². The minimum atomic E-state index is -0.969. The van der Waals surface area contributed by atoms with Crippen molar-refractivity contribution < 1.29 is 9.90 Å². The van der Waals surface area contributed by atoms with Gasteiger partial charge in [-0.25, -0.2) is 4.79 Å². The monoisotopic (exact) mass is 181 g/mol. The van der Waals surface area contributed by atoms with E-state index in [2.05, 4.69) is 17.8 Å². The normalized spacial score (nSPS) is 11.7. The molecule has 3 nitrogen and oxygen atoms in total. The van der Waals surface area contributed by atoms with E-state index in [4.69, 9.17) is 11.5 Å². The molecule has 0 aliphatic heterocycles. The Hall–Kier alpha value is -1.27. The Morgan fingerprint density at radius 3 is 2.77 bits per heavy atom. The highest BCUT2D eigenvalue weighted by Gasteiger charge is 2.07. The minimum Gasteiger partial charge on any atom is -0.478 e. The van der Waals surface area contributed by atoms with Crippen molar-refractivity contribution in [3.63, 3.8) is 0 Å². The molecule has 72 valence electrons. The Morgan fingerprint density at radius 1 is 1.77 bits per heavy atom. The number of nitrogens with one attached hydrogen (secondary N) is 1. The molecule has 0 spiro atoms. The lowest BCUT2D eigenvalue weighted by Crippen LogP contribution is -2.31. The van der Waals surface area contributed by atoms with Crippen molar-refractivity contribution in [2.45, 2.75) is 25.8 Å². The van der Waals surface area contributed by atoms with Crippen LogP contribution in [0.1, 0.15) is 19.8 Å². The van der Waals surface area contributed by atoms with Crippen molar-refractivity contribution in [1.29, 1.82) is 0 Å². The third-order valence-corrected chi connectivity index (χ3v) is 1.76. The second kappa shape index (κ2) is 6.27. The maximum Gasteiger partial charge on any atom is 0.332 e. The van der Waals surface area contributed by atoms with Crippen molar-refractivity contribution in [2.75, 3.05) is 6.54 Å². The molecule has 3 heteroatoms. The number of rotatable bonds is 6. The number of terminal acetylenes is 1. The first-order valence-corrected chi connectivity index (χ1v) is 4.19. The van der Waals surface area contributed by atoms with Crippen LogP contribution in [0.5, 0.6) is 0 Å². The molecule has 1 atom stereocenters. The Balaban J connectivity index is 3.79. The molecular formula is C10H15NO2. The van der Waals surface area contributed by atoms with Crippen molar-refractivity contribution >= 4 is 5.97 Å². The van der Waals surface area contributed by atoms with Crippen LogP contribution in [0.2, 0.25) is 0 Å². The first-order valence-electron chi connectivity index (χ1n) is 4.19. The lowest BCUT2D eigenvalue weighted by molar-refractivity contribution is -0.132. The van der Waals surface area contributed by atoms with Gasteiger partial charge in [0.2, 0.25) is 0 Å². The largest absolute Gasteiger partial charge is 0.478 e. The molecule has 0 fully saturated rings. The Morgan fingerprint density at radius 2 is 2.38 bits per heavy atom. The number of carboxylic acid groups (broad SMARTS) is 1. The van der Waals surface area contributed by atoms with Crippen LogP contribution in [-0.4, -0.2) is 23.7 Å². The van der Waals surface area contributed by atoms with Crippen molar-refractivity contribution in [3.05, 3.63) is 12.2 Å². The van der Waals surface area contributed by atoms with Crippen molar-refractivity contribution in [3.8, 4) is 12.3 Å². The molecule has 0 saturated carbocycles. The number of carbonyl (C=O) groups is 1. The lowest BCUT2D eigenvalue weighted by Gasteiger charge is -2.13. The van der Waals surface area contributed by atoms with Crippen LogP contribution in [0.15, 0.2) is 12.2 Å². The molecule has 13 heavy (non-hydrogen) atoms. The predicted octanol–water partition coefficient (Wildman–Crippen LogP) is 1.02. The number of carboxylic acids is 1. The van der Waals surface area contributed by atoms with Crippen LogP contribution in [0.3, 0.4) is 0 Å². The summed E-state index contributed by atoms with van der Waals surface area (Å²) in [7, 11) is 0. The molecular weight excluding hydrogens is 166 g/mol. The van der Waals surface area contributed by atoms with Gasteiger partial charge < -0.3 is 10.4 Å². The Labute approximate surface area is 78.8 Å². The van der Waals surface area contributed by atoms with Gasteiger partial charge in [-0.1, -0.05) is 13.5 Å². The van der Waals surface area contributed by atoms with Crippen LogP contribution in [0, 0.1) is 12.3 Å². The van der Waals surface area contributed by atoms with Gasteiger partial charge in [-0.15, -0.1) is 12.3 Å². The smallest absolute Gasteiger partial charge is 0.332 e. The van der Waals surface area contributed by atoms with E-state index in [1.54, 1.807) is 0 Å². The van der Waals surface area contributed by atoms with Gasteiger partial charge in [0.05, 0.1) is 0 Å². The fraction of sp³-hybridized carbons (Fsp3) is 0.500. The molecule has 0 amide bonds. The highest BCUT2D eigenvalue weighted by molar-refractivity contribution is 5.86. The van der Waals surface area contributed by atoms with Gasteiger partial charge in [0.25, 0.3) is 0 Å². The van der Waals surface area contributed by atoms with Crippen LogP contribution in [0.25, 0.3) is 0 Å². The van der Waals surface area contributed by atoms with E-state index in [9.17, 15) is 4.79 Å². The first kappa shape index (κ1) is 11.7. The molecule has 0 aromatic rings. The molecule has 0 aliphatic rings. The average Bonchev–Trinajstić information content (AvgIpc) is 2.11. The summed E-state index contributed by atoms with van der Waals surface area (Å²) < 4.78 is 0. The maximum absolute atomic E-state index is 10.4. The van der Waals surface area contributed by atoms with Gasteiger partial charge in [0.15, 0.2) is 0 Å². The molecule has 0 aromatic carbocycles. The highest BCUT2D eigenvalue weighted by atomic mass is 16.4. The minimum absolute atomic E-state index is 0.162. The zero-order valence-corrected chi connectivity index (χ0v) is 7.84. The topological polar surface area (TPSA) is 49.3 Å². The highest BCUT2D eigenvalue weighted by Crippen LogP contribution is 1.97. The molecule has 0 aromatic heterocycles. The third-order valence-electron chi connectivity index (χ3n) is 1.76. The quantitative estimate of drug-likeness (QED) is 0.475. The predicted molar refractivity (Wildman–Crippen MR) is 52.3 cm³/mol. The molecule has 0 radical (unpaired) electrons. The summed E-state index contributed by atoms with van der Waals surface area (Å²) in [6, 6.07) is 0.182. The van der Waals surface area contributed by atoms with E-state index >= 15 is 0 Å². The first-order chi connectivity index (χ1) is 6.11. The number of hydrogen-bond acceptors (Lipinski definition) is 2. The fourth-order valence-electron chi connectivity index (χ4n) is 0.846. The third kappa shape index (κ3) is 5.05. The second-order valence-corrected chi connectivity index (χ2v) is 2.80. The molecule has 0 bridgehead atoms. The fourth-order valence-corrected chi connectivity index (χ4v) is 0.846. The van der Waals surface area contributed by atoms with E-state index in [1.165, 1.54) is 0 Å². The zero-order valence-electron chi connectivity index (χ0n) is 7.84. The molecule has 0 heterocycles. The summed E-state index contributed by atoms with van der Waals surface area (Å²) in [4.78, 5) is 10.4. The molecule has 1 unspecified atom stereocenters. The van der Waals surface area contributed by atoms with Crippen LogP contribution in [-0.2, 0) is 4.79 Å². The van der Waals surface area contributed by atoms with E-state index in [1.807, 2.05) is 6.92 Å². The van der Waals surface area contributed by atoms with E-state index in [0.717, 1.165) is 6.42 Å². The van der Waals surface area contributed by atoms with Gasteiger partial charge in [0.1, 0.15) is 0 Å². The van der Waals surface area contributed by atoms with Crippen LogP contribution in [0.4, 0.5) is 0 Å². The summed E-state index contributed by atoms with van der Waals surface area (Å²) in [5.74, 6) is 1.56. The summed E-state index contributed by atoms with van der Waals surface area (Å²) in [5, 5.41) is 11.5. The molecule has 0 rings (SSSR count).